The van der Waals surface area contributed by atoms with Crippen molar-refractivity contribution in [1.29, 1.82) is 0 Å². The third kappa shape index (κ3) is 2.25. The van der Waals surface area contributed by atoms with Crippen molar-refractivity contribution in [3.8, 4) is 0 Å². The van der Waals surface area contributed by atoms with Gasteiger partial charge in [0.25, 0.3) is 0 Å². The molecule has 3 nitrogen and oxygen atoms in total. The number of hydrogen-bond donors (Lipinski definition) is 2. The Morgan fingerprint density at radius 1 is 1.29 bits per heavy atom. The van der Waals surface area contributed by atoms with Gasteiger partial charge in [0.2, 0.25) is 0 Å². The average molecular weight is 241 g/mol. The van der Waals surface area contributed by atoms with E-state index in [0.717, 1.165) is 31.1 Å². The maximum Gasteiger partial charge on any atom is 0.0969 e. The topological polar surface area (TPSA) is 55.5 Å². The van der Waals surface area contributed by atoms with Crippen molar-refractivity contribution >= 4 is 0 Å². The first kappa shape index (κ1) is 13.3. The highest BCUT2D eigenvalue weighted by Crippen LogP contribution is 2.50. The van der Waals surface area contributed by atoms with Crippen LogP contribution in [-0.2, 0) is 4.74 Å². The van der Waals surface area contributed by atoms with Crippen molar-refractivity contribution in [2.24, 2.45) is 23.0 Å². The summed E-state index contributed by atoms with van der Waals surface area (Å²) in [6.07, 6.45) is 5.29. The molecule has 2 rings (SSSR count). The molecule has 0 amide bonds. The molecule has 3 heteroatoms. The molecule has 0 spiro atoms. The van der Waals surface area contributed by atoms with Crippen LogP contribution in [0.15, 0.2) is 0 Å². The Labute approximate surface area is 105 Å². The molecule has 17 heavy (non-hydrogen) atoms. The van der Waals surface area contributed by atoms with Gasteiger partial charge in [-0.05, 0) is 37.5 Å². The van der Waals surface area contributed by atoms with E-state index in [9.17, 15) is 5.11 Å². The van der Waals surface area contributed by atoms with Gasteiger partial charge in [-0.25, -0.2) is 0 Å². The van der Waals surface area contributed by atoms with Gasteiger partial charge >= 0.3 is 0 Å². The van der Waals surface area contributed by atoms with Gasteiger partial charge in [0, 0.05) is 25.0 Å². The molecular weight excluding hydrogens is 214 g/mol. The summed E-state index contributed by atoms with van der Waals surface area (Å²) in [5.41, 5.74) is 5.26. The number of rotatable bonds is 3. The maximum absolute atomic E-state index is 10.8. The standard InChI is InChI=1S/C14H27NO2/c1-11(2)12-3-5-13(9-15,6-4-12)14(16)7-8-17-10-14/h11-12,16H,3-10,15H2,1-2H3. The van der Waals surface area contributed by atoms with Crippen LogP contribution in [0, 0.1) is 17.3 Å². The van der Waals surface area contributed by atoms with Gasteiger partial charge in [-0.1, -0.05) is 13.8 Å². The predicted octanol–water partition coefficient (Wildman–Crippen LogP) is 1.93. The van der Waals surface area contributed by atoms with E-state index in [-0.39, 0.29) is 5.41 Å². The minimum Gasteiger partial charge on any atom is -0.387 e. The molecule has 100 valence electrons. The fourth-order valence-corrected chi connectivity index (χ4v) is 3.69. The molecule has 0 aromatic carbocycles. The summed E-state index contributed by atoms with van der Waals surface area (Å²) in [5, 5.41) is 10.8. The number of ether oxygens (including phenoxy) is 1. The molecular formula is C14H27NO2. The Balaban J connectivity index is 2.07. The average Bonchev–Trinajstić information content (AvgIpc) is 2.77. The van der Waals surface area contributed by atoms with Crippen LogP contribution >= 0.6 is 0 Å². The van der Waals surface area contributed by atoms with Crippen molar-refractivity contribution < 1.29 is 9.84 Å². The maximum atomic E-state index is 10.8. The molecule has 0 bridgehead atoms. The van der Waals surface area contributed by atoms with Gasteiger partial charge in [-0.2, -0.15) is 0 Å². The van der Waals surface area contributed by atoms with E-state index in [1.165, 1.54) is 12.8 Å². The monoisotopic (exact) mass is 241 g/mol. The van der Waals surface area contributed by atoms with Gasteiger partial charge in [0.15, 0.2) is 0 Å². The molecule has 1 unspecified atom stereocenters. The largest absolute Gasteiger partial charge is 0.387 e. The second kappa shape index (κ2) is 4.87. The fraction of sp³-hybridized carbons (Fsp3) is 1.00. The van der Waals surface area contributed by atoms with Crippen LogP contribution in [0.1, 0.15) is 46.0 Å². The van der Waals surface area contributed by atoms with Gasteiger partial charge in [0.1, 0.15) is 0 Å². The molecule has 0 aromatic heterocycles. The SMILES string of the molecule is CC(C)C1CCC(CN)(C2(O)CCOC2)CC1. The Kier molecular flexibility index (Phi) is 3.81. The number of hydrogen-bond acceptors (Lipinski definition) is 3. The Morgan fingerprint density at radius 2 is 1.94 bits per heavy atom. The van der Waals surface area contributed by atoms with E-state index in [2.05, 4.69) is 13.8 Å². The second-order valence-electron chi connectivity index (χ2n) is 6.40. The first-order chi connectivity index (χ1) is 8.03. The smallest absolute Gasteiger partial charge is 0.0969 e. The van der Waals surface area contributed by atoms with Gasteiger partial charge < -0.3 is 15.6 Å². The molecule has 0 radical (unpaired) electrons. The van der Waals surface area contributed by atoms with Crippen molar-refractivity contribution in [1.82, 2.24) is 0 Å². The van der Waals surface area contributed by atoms with Crippen LogP contribution in [-0.4, -0.2) is 30.5 Å². The Morgan fingerprint density at radius 3 is 2.35 bits per heavy atom. The van der Waals surface area contributed by atoms with E-state index >= 15 is 0 Å². The van der Waals surface area contributed by atoms with Crippen molar-refractivity contribution in [2.75, 3.05) is 19.8 Å². The zero-order chi connectivity index (χ0) is 12.5. The number of nitrogens with two attached hydrogens (primary N) is 1. The van der Waals surface area contributed by atoms with Crippen molar-refractivity contribution in [3.05, 3.63) is 0 Å². The first-order valence-electron chi connectivity index (χ1n) is 7.03. The lowest BCUT2D eigenvalue weighted by molar-refractivity contribution is -0.107. The molecule has 1 saturated heterocycles. The van der Waals surface area contributed by atoms with Crippen LogP contribution in [0.5, 0.6) is 0 Å². The van der Waals surface area contributed by atoms with E-state index in [1.54, 1.807) is 0 Å². The molecule has 3 N–H and O–H groups in total. The van der Waals surface area contributed by atoms with Crippen LogP contribution in [0.4, 0.5) is 0 Å². The molecule has 1 heterocycles. The third-order valence-corrected chi connectivity index (χ3v) is 5.31. The third-order valence-electron chi connectivity index (χ3n) is 5.31. The molecule has 1 aliphatic carbocycles. The van der Waals surface area contributed by atoms with Crippen LogP contribution < -0.4 is 5.73 Å². The molecule has 2 aliphatic rings. The normalized spacial score (nSPS) is 43.2. The molecule has 0 aromatic rings. The van der Waals surface area contributed by atoms with Crippen molar-refractivity contribution in [3.63, 3.8) is 0 Å². The van der Waals surface area contributed by atoms with Crippen LogP contribution in [0.25, 0.3) is 0 Å². The lowest BCUT2D eigenvalue weighted by Gasteiger charge is -2.48. The van der Waals surface area contributed by atoms with Gasteiger partial charge in [0.05, 0.1) is 12.2 Å². The van der Waals surface area contributed by atoms with E-state index in [4.69, 9.17) is 10.5 Å². The lowest BCUT2D eigenvalue weighted by atomic mass is 9.60. The summed E-state index contributed by atoms with van der Waals surface area (Å²) in [5.74, 6) is 1.56. The summed E-state index contributed by atoms with van der Waals surface area (Å²) in [6, 6.07) is 0. The molecule has 1 atom stereocenters. The first-order valence-corrected chi connectivity index (χ1v) is 7.03. The Hall–Kier alpha value is -0.120. The highest BCUT2D eigenvalue weighted by Gasteiger charge is 2.52. The van der Waals surface area contributed by atoms with Gasteiger partial charge in [-0.3, -0.25) is 0 Å². The minimum absolute atomic E-state index is 0.0884. The summed E-state index contributed by atoms with van der Waals surface area (Å²) >= 11 is 0. The highest BCUT2D eigenvalue weighted by atomic mass is 16.5. The fourth-order valence-electron chi connectivity index (χ4n) is 3.69. The highest BCUT2D eigenvalue weighted by molar-refractivity contribution is 5.04. The molecule has 1 aliphatic heterocycles. The number of aliphatic hydroxyl groups is 1. The summed E-state index contributed by atoms with van der Waals surface area (Å²) in [6.45, 7) is 6.36. The Bertz CT molecular complexity index is 251. The molecule has 2 fully saturated rings. The van der Waals surface area contributed by atoms with E-state index in [1.807, 2.05) is 0 Å². The van der Waals surface area contributed by atoms with Crippen molar-refractivity contribution in [2.45, 2.75) is 51.6 Å². The zero-order valence-corrected chi connectivity index (χ0v) is 11.2. The lowest BCUT2D eigenvalue weighted by Crippen LogP contribution is -2.55. The van der Waals surface area contributed by atoms with E-state index < -0.39 is 5.60 Å². The zero-order valence-electron chi connectivity index (χ0n) is 11.2. The van der Waals surface area contributed by atoms with Crippen LogP contribution in [0.3, 0.4) is 0 Å². The summed E-state index contributed by atoms with van der Waals surface area (Å²) < 4.78 is 5.41. The van der Waals surface area contributed by atoms with Crippen LogP contribution in [0.2, 0.25) is 0 Å². The molecule has 1 saturated carbocycles. The summed E-state index contributed by atoms with van der Waals surface area (Å²) in [7, 11) is 0. The van der Waals surface area contributed by atoms with Gasteiger partial charge in [-0.15, -0.1) is 0 Å². The second-order valence-corrected chi connectivity index (χ2v) is 6.40. The minimum atomic E-state index is -0.663. The summed E-state index contributed by atoms with van der Waals surface area (Å²) in [4.78, 5) is 0. The quantitative estimate of drug-likeness (QED) is 0.794. The van der Waals surface area contributed by atoms with E-state index in [0.29, 0.717) is 19.8 Å². The predicted molar refractivity (Wildman–Crippen MR) is 68.7 cm³/mol.